The van der Waals surface area contributed by atoms with E-state index in [2.05, 4.69) is 10.6 Å². The van der Waals surface area contributed by atoms with Crippen molar-refractivity contribution in [1.29, 1.82) is 0 Å². The maximum Gasteiger partial charge on any atom is 0.0192 e. The fraction of sp³-hybridized carbons (Fsp3) is 1.00. The third-order valence-electron chi connectivity index (χ3n) is 2.44. The lowest BCUT2D eigenvalue weighted by atomic mass is 9.97. The van der Waals surface area contributed by atoms with E-state index in [1.165, 1.54) is 32.5 Å². The van der Waals surface area contributed by atoms with Crippen molar-refractivity contribution in [3.8, 4) is 0 Å². The van der Waals surface area contributed by atoms with Crippen molar-refractivity contribution in [1.82, 2.24) is 10.6 Å². The van der Waals surface area contributed by atoms with Crippen LogP contribution in [0, 0.1) is 5.92 Å². The second-order valence-electron chi connectivity index (χ2n) is 3.21. The summed E-state index contributed by atoms with van der Waals surface area (Å²) in [5, 5.41) is 6.97. The van der Waals surface area contributed by atoms with Crippen LogP contribution in [-0.2, 0) is 0 Å². The maximum absolute atomic E-state index is 3.52. The molecule has 2 N–H and O–H groups in total. The van der Waals surface area contributed by atoms with Crippen molar-refractivity contribution < 1.29 is 0 Å². The molecule has 0 spiro atoms. The fourth-order valence-corrected chi connectivity index (χ4v) is 1.78. The monoisotopic (exact) mass is 126 g/mol. The summed E-state index contributed by atoms with van der Waals surface area (Å²) in [7, 11) is 0. The topological polar surface area (TPSA) is 24.1 Å². The normalized spacial score (nSPS) is 42.7. The van der Waals surface area contributed by atoms with Crippen LogP contribution in [0.1, 0.15) is 12.8 Å². The van der Waals surface area contributed by atoms with Crippen molar-refractivity contribution in [2.45, 2.75) is 18.9 Å². The summed E-state index contributed by atoms with van der Waals surface area (Å²) < 4.78 is 0. The maximum atomic E-state index is 3.52. The molecule has 3 aliphatic heterocycles. The summed E-state index contributed by atoms with van der Waals surface area (Å²) in [4.78, 5) is 0. The zero-order valence-corrected chi connectivity index (χ0v) is 5.69. The molecule has 9 heavy (non-hydrogen) atoms. The lowest BCUT2D eigenvalue weighted by Gasteiger charge is -2.23. The van der Waals surface area contributed by atoms with Crippen LogP contribution in [0.25, 0.3) is 0 Å². The smallest absolute Gasteiger partial charge is 0.0192 e. The van der Waals surface area contributed by atoms with E-state index in [0.717, 1.165) is 12.0 Å². The predicted octanol–water partition coefficient (Wildman–Crippen LogP) is -0.0422. The van der Waals surface area contributed by atoms with E-state index in [1.807, 2.05) is 0 Å². The van der Waals surface area contributed by atoms with Crippen LogP contribution in [-0.4, -0.2) is 25.7 Å². The van der Waals surface area contributed by atoms with E-state index in [9.17, 15) is 0 Å². The molecule has 2 heteroatoms. The number of piperidine rings is 1. The van der Waals surface area contributed by atoms with Gasteiger partial charge < -0.3 is 10.6 Å². The van der Waals surface area contributed by atoms with Crippen LogP contribution in [0.4, 0.5) is 0 Å². The molecule has 0 aromatic rings. The number of fused-ring (bicyclic) bond motifs is 4. The Labute approximate surface area is 56.0 Å². The van der Waals surface area contributed by atoms with Crippen LogP contribution >= 0.6 is 0 Å². The van der Waals surface area contributed by atoms with Crippen LogP contribution in [0.5, 0.6) is 0 Å². The van der Waals surface area contributed by atoms with Gasteiger partial charge in [-0.15, -0.1) is 0 Å². The molecule has 3 fully saturated rings. The van der Waals surface area contributed by atoms with Gasteiger partial charge in [0.2, 0.25) is 0 Å². The van der Waals surface area contributed by atoms with E-state index >= 15 is 0 Å². The van der Waals surface area contributed by atoms with Gasteiger partial charge in [-0.1, -0.05) is 0 Å². The van der Waals surface area contributed by atoms with Gasteiger partial charge in [0, 0.05) is 12.6 Å². The van der Waals surface area contributed by atoms with Crippen molar-refractivity contribution in [3.63, 3.8) is 0 Å². The van der Waals surface area contributed by atoms with Gasteiger partial charge in [0.05, 0.1) is 0 Å². The highest BCUT2D eigenvalue weighted by atomic mass is 15.0. The molecule has 3 heterocycles. The van der Waals surface area contributed by atoms with Gasteiger partial charge in [0.1, 0.15) is 0 Å². The van der Waals surface area contributed by atoms with Gasteiger partial charge in [-0.3, -0.25) is 0 Å². The highest BCUT2D eigenvalue weighted by Gasteiger charge is 2.23. The third-order valence-corrected chi connectivity index (χ3v) is 2.44. The first-order valence-electron chi connectivity index (χ1n) is 3.89. The van der Waals surface area contributed by atoms with E-state index < -0.39 is 0 Å². The molecule has 3 aliphatic rings. The second kappa shape index (κ2) is 2.27. The molecule has 3 saturated heterocycles. The average molecular weight is 126 g/mol. The average Bonchev–Trinajstić information content (AvgIpc) is 2.21. The minimum absolute atomic E-state index is 0.781. The Kier molecular flexibility index (Phi) is 1.44. The van der Waals surface area contributed by atoms with Crippen LogP contribution in [0.3, 0.4) is 0 Å². The van der Waals surface area contributed by atoms with Gasteiger partial charge in [-0.05, 0) is 31.8 Å². The molecule has 3 rings (SSSR count). The molecule has 2 bridgehead atoms. The molecule has 2 nitrogen and oxygen atoms in total. The SMILES string of the molecule is C1C[C@H]2CNC[C@H]1CN2. The number of hydrogen-bond acceptors (Lipinski definition) is 2. The molecule has 0 unspecified atom stereocenters. The van der Waals surface area contributed by atoms with Crippen molar-refractivity contribution in [2.75, 3.05) is 19.6 Å². The highest BCUT2D eigenvalue weighted by Crippen LogP contribution is 2.15. The Balaban J connectivity index is 2.03. The summed E-state index contributed by atoms with van der Waals surface area (Å²) in [5.74, 6) is 0.920. The zero-order valence-electron chi connectivity index (χ0n) is 5.69. The summed E-state index contributed by atoms with van der Waals surface area (Å²) in [6, 6.07) is 0.781. The van der Waals surface area contributed by atoms with Gasteiger partial charge in [0.15, 0.2) is 0 Å². The highest BCUT2D eigenvalue weighted by molar-refractivity contribution is 4.84. The molecule has 0 saturated carbocycles. The van der Waals surface area contributed by atoms with E-state index in [4.69, 9.17) is 0 Å². The van der Waals surface area contributed by atoms with Gasteiger partial charge in [-0.2, -0.15) is 0 Å². The Bertz CT molecular complexity index is 77.6. The summed E-state index contributed by atoms with van der Waals surface area (Å²) >= 11 is 0. The first-order valence-corrected chi connectivity index (χ1v) is 3.89. The van der Waals surface area contributed by atoms with Crippen molar-refractivity contribution in [2.24, 2.45) is 5.92 Å². The number of rotatable bonds is 0. The largest absolute Gasteiger partial charge is 0.315 e. The molecule has 0 aromatic carbocycles. The van der Waals surface area contributed by atoms with E-state index in [1.54, 1.807) is 0 Å². The minimum Gasteiger partial charge on any atom is -0.315 e. The number of hydrogen-bond donors (Lipinski definition) is 2. The minimum atomic E-state index is 0.781. The zero-order chi connectivity index (χ0) is 6.10. The van der Waals surface area contributed by atoms with E-state index in [-0.39, 0.29) is 0 Å². The Morgan fingerprint density at radius 1 is 1.00 bits per heavy atom. The lowest BCUT2D eigenvalue weighted by molar-refractivity contribution is 0.359. The molecule has 0 amide bonds. The molecular weight excluding hydrogens is 112 g/mol. The van der Waals surface area contributed by atoms with Gasteiger partial charge >= 0.3 is 0 Å². The number of nitrogens with one attached hydrogen (secondary N) is 2. The Morgan fingerprint density at radius 3 is 2.78 bits per heavy atom. The standard InChI is InChI=1S/C7H14N2/c1-2-7-5-8-3-6(1)4-9-7/h6-9H,1-5H2/t6-,7-/m0/s1. The molecule has 0 radical (unpaired) electrons. The predicted molar refractivity (Wildman–Crippen MR) is 37.4 cm³/mol. The third kappa shape index (κ3) is 1.10. The molecule has 0 aliphatic carbocycles. The Hall–Kier alpha value is -0.0800. The molecule has 0 aromatic heterocycles. The fourth-order valence-electron chi connectivity index (χ4n) is 1.78. The van der Waals surface area contributed by atoms with Crippen LogP contribution < -0.4 is 10.6 Å². The van der Waals surface area contributed by atoms with Gasteiger partial charge in [-0.25, -0.2) is 0 Å². The van der Waals surface area contributed by atoms with Gasteiger partial charge in [0.25, 0.3) is 0 Å². The Morgan fingerprint density at radius 2 is 2.00 bits per heavy atom. The van der Waals surface area contributed by atoms with Crippen molar-refractivity contribution in [3.05, 3.63) is 0 Å². The first-order chi connectivity index (χ1) is 4.45. The quantitative estimate of drug-likeness (QED) is 0.476. The molecule has 2 atom stereocenters. The second-order valence-corrected chi connectivity index (χ2v) is 3.21. The van der Waals surface area contributed by atoms with Crippen LogP contribution in [0.15, 0.2) is 0 Å². The summed E-state index contributed by atoms with van der Waals surface area (Å²) in [6.45, 7) is 3.68. The van der Waals surface area contributed by atoms with E-state index in [0.29, 0.717) is 0 Å². The summed E-state index contributed by atoms with van der Waals surface area (Å²) in [5.41, 5.74) is 0. The first kappa shape index (κ1) is 5.69. The molecule has 52 valence electrons. The van der Waals surface area contributed by atoms with Crippen LogP contribution in [0.2, 0.25) is 0 Å². The van der Waals surface area contributed by atoms with Crippen molar-refractivity contribution >= 4 is 0 Å². The lowest BCUT2D eigenvalue weighted by Crippen LogP contribution is -2.38. The molecular formula is C7H14N2. The summed E-state index contributed by atoms with van der Waals surface area (Å²) in [6.07, 6.45) is 2.82.